The van der Waals surface area contributed by atoms with Gasteiger partial charge in [-0.05, 0) is 30.7 Å². The summed E-state index contributed by atoms with van der Waals surface area (Å²) in [6.45, 7) is 5.88. The fraction of sp³-hybridized carbons (Fsp3) is 0.357. The first-order chi connectivity index (χ1) is 8.61. The summed E-state index contributed by atoms with van der Waals surface area (Å²) in [5, 5.41) is 9.77. The van der Waals surface area contributed by atoms with Crippen LogP contribution >= 0.6 is 0 Å². The molecule has 1 heterocycles. The number of carboxylic acids is 1. The van der Waals surface area contributed by atoms with Crippen LogP contribution in [0.3, 0.4) is 0 Å². The normalized spacial score (nSPS) is 9.78. The second kappa shape index (κ2) is 6.10. The molecule has 0 saturated heterocycles. The second-order valence-corrected chi connectivity index (χ2v) is 3.71. The van der Waals surface area contributed by atoms with Crippen molar-refractivity contribution in [3.05, 3.63) is 29.5 Å². The van der Waals surface area contributed by atoms with Crippen molar-refractivity contribution >= 4 is 16.9 Å². The molecule has 0 aliphatic rings. The van der Waals surface area contributed by atoms with Crippen molar-refractivity contribution in [2.45, 2.75) is 27.2 Å². The zero-order chi connectivity index (χ0) is 13.7. The van der Waals surface area contributed by atoms with Crippen molar-refractivity contribution < 1.29 is 14.6 Å². The molecule has 18 heavy (non-hydrogen) atoms. The van der Waals surface area contributed by atoms with Crippen LogP contribution in [0.1, 0.15) is 25.1 Å². The fourth-order valence-corrected chi connectivity index (χ4v) is 1.87. The number of carbonyl (C=O) groups is 1. The zero-order valence-electron chi connectivity index (χ0n) is 11.2. The lowest BCUT2D eigenvalue weighted by Crippen LogP contribution is -2.00. The van der Waals surface area contributed by atoms with E-state index in [-0.39, 0.29) is 6.42 Å². The third-order valence-corrected chi connectivity index (χ3v) is 2.65. The molecule has 0 aliphatic heterocycles. The number of nitrogens with one attached hydrogen (secondary N) is 1. The fourth-order valence-electron chi connectivity index (χ4n) is 1.87. The first kappa shape index (κ1) is 14.1. The van der Waals surface area contributed by atoms with E-state index in [1.165, 1.54) is 0 Å². The van der Waals surface area contributed by atoms with Gasteiger partial charge in [-0.15, -0.1) is 0 Å². The molecule has 2 aromatic rings. The molecule has 0 aliphatic carbocycles. The zero-order valence-corrected chi connectivity index (χ0v) is 11.2. The van der Waals surface area contributed by atoms with Gasteiger partial charge < -0.3 is 14.8 Å². The predicted molar refractivity (Wildman–Crippen MR) is 72.3 cm³/mol. The Morgan fingerprint density at radius 3 is 2.61 bits per heavy atom. The van der Waals surface area contributed by atoms with E-state index in [2.05, 4.69) is 4.98 Å². The number of aliphatic carboxylic acids is 1. The molecule has 4 nitrogen and oxygen atoms in total. The molecule has 0 unspecified atom stereocenters. The van der Waals surface area contributed by atoms with E-state index in [1.807, 2.05) is 39.0 Å². The van der Waals surface area contributed by atoms with Crippen molar-refractivity contribution in [1.29, 1.82) is 0 Å². The Labute approximate surface area is 107 Å². The summed E-state index contributed by atoms with van der Waals surface area (Å²) in [5.74, 6) is -0.0926. The molecule has 2 rings (SSSR count). The lowest BCUT2D eigenvalue weighted by molar-refractivity contribution is -0.136. The highest BCUT2D eigenvalue weighted by Gasteiger charge is 2.12. The number of aromatic amines is 1. The lowest BCUT2D eigenvalue weighted by Gasteiger charge is -2.00. The topological polar surface area (TPSA) is 62.3 Å². The number of methoxy groups -OCH3 is 1. The van der Waals surface area contributed by atoms with Crippen LogP contribution in [-0.4, -0.2) is 23.2 Å². The average Bonchev–Trinajstić information content (AvgIpc) is 2.67. The van der Waals surface area contributed by atoms with E-state index in [0.717, 1.165) is 27.9 Å². The van der Waals surface area contributed by atoms with Crippen LogP contribution in [0.25, 0.3) is 10.9 Å². The highest BCUT2D eigenvalue weighted by Crippen LogP contribution is 2.26. The molecule has 0 spiro atoms. The number of aryl methyl sites for hydroxylation is 1. The van der Waals surface area contributed by atoms with Gasteiger partial charge in [0, 0.05) is 16.6 Å². The van der Waals surface area contributed by atoms with Crippen LogP contribution in [0.15, 0.2) is 18.2 Å². The van der Waals surface area contributed by atoms with Crippen LogP contribution in [0.4, 0.5) is 0 Å². The van der Waals surface area contributed by atoms with Gasteiger partial charge in [0.2, 0.25) is 0 Å². The summed E-state index contributed by atoms with van der Waals surface area (Å²) in [5.41, 5.74) is 2.65. The molecule has 0 bridgehead atoms. The molecule has 2 N–H and O–H groups in total. The van der Waals surface area contributed by atoms with Gasteiger partial charge in [0.05, 0.1) is 13.5 Å². The molecule has 0 radical (unpaired) electrons. The van der Waals surface area contributed by atoms with Crippen LogP contribution in [0.5, 0.6) is 5.75 Å². The van der Waals surface area contributed by atoms with Gasteiger partial charge in [-0.25, -0.2) is 0 Å². The first-order valence-corrected chi connectivity index (χ1v) is 5.99. The summed E-state index contributed by atoms with van der Waals surface area (Å²) < 4.78 is 5.13. The second-order valence-electron chi connectivity index (χ2n) is 3.71. The number of carboxylic acid groups (broad SMARTS) is 1. The third kappa shape index (κ3) is 2.83. The molecule has 0 saturated carbocycles. The maximum absolute atomic E-state index is 10.8. The van der Waals surface area contributed by atoms with E-state index in [1.54, 1.807) is 7.11 Å². The molecule has 98 valence electrons. The Bertz CT molecular complexity index is 543. The number of fused-ring (bicyclic) bond motifs is 1. The molecule has 0 atom stereocenters. The highest BCUT2D eigenvalue weighted by atomic mass is 16.5. The summed E-state index contributed by atoms with van der Waals surface area (Å²) in [6.07, 6.45) is 0.0268. The lowest BCUT2D eigenvalue weighted by atomic mass is 10.1. The van der Waals surface area contributed by atoms with Crippen molar-refractivity contribution in [2.75, 3.05) is 7.11 Å². The van der Waals surface area contributed by atoms with Crippen LogP contribution in [0, 0.1) is 6.92 Å². The van der Waals surface area contributed by atoms with Gasteiger partial charge >= 0.3 is 5.97 Å². The number of hydrogen-bond acceptors (Lipinski definition) is 2. The Balaban J connectivity index is 0.000000771. The Hall–Kier alpha value is -1.97. The van der Waals surface area contributed by atoms with Gasteiger partial charge in [0.25, 0.3) is 0 Å². The van der Waals surface area contributed by atoms with E-state index in [9.17, 15) is 4.79 Å². The van der Waals surface area contributed by atoms with Gasteiger partial charge in [0.1, 0.15) is 5.75 Å². The van der Waals surface area contributed by atoms with Gasteiger partial charge in [0.15, 0.2) is 0 Å². The van der Waals surface area contributed by atoms with E-state index in [4.69, 9.17) is 9.84 Å². The summed E-state index contributed by atoms with van der Waals surface area (Å²) in [4.78, 5) is 13.9. The van der Waals surface area contributed by atoms with Crippen molar-refractivity contribution in [3.8, 4) is 5.75 Å². The minimum Gasteiger partial charge on any atom is -0.497 e. The SMILES string of the molecule is CC.COc1ccc2[nH]c(C)c(CC(=O)O)c2c1. The van der Waals surface area contributed by atoms with E-state index >= 15 is 0 Å². The molecule has 1 aromatic carbocycles. The maximum Gasteiger partial charge on any atom is 0.307 e. The van der Waals surface area contributed by atoms with E-state index < -0.39 is 5.97 Å². The number of aromatic nitrogens is 1. The average molecular weight is 249 g/mol. The van der Waals surface area contributed by atoms with Gasteiger partial charge in [-0.1, -0.05) is 13.8 Å². The van der Waals surface area contributed by atoms with Crippen LogP contribution in [-0.2, 0) is 11.2 Å². The molecule has 0 amide bonds. The largest absolute Gasteiger partial charge is 0.497 e. The molecule has 1 aromatic heterocycles. The maximum atomic E-state index is 10.8. The van der Waals surface area contributed by atoms with Crippen LogP contribution in [0.2, 0.25) is 0 Å². The standard InChI is InChI=1S/C12H13NO3.C2H6/c1-7-9(6-12(14)15)10-5-8(16-2)3-4-11(10)13-7;1-2/h3-5,13H,6H2,1-2H3,(H,14,15);1-2H3. The summed E-state index contributed by atoms with van der Waals surface area (Å²) >= 11 is 0. The minimum atomic E-state index is -0.827. The Morgan fingerprint density at radius 2 is 2.06 bits per heavy atom. The van der Waals surface area contributed by atoms with Crippen LogP contribution < -0.4 is 4.74 Å². The summed E-state index contributed by atoms with van der Waals surface area (Å²) in [7, 11) is 1.59. The molecule has 0 fully saturated rings. The number of hydrogen-bond donors (Lipinski definition) is 2. The monoisotopic (exact) mass is 249 g/mol. The number of rotatable bonds is 3. The first-order valence-electron chi connectivity index (χ1n) is 5.99. The summed E-state index contributed by atoms with van der Waals surface area (Å²) in [6, 6.07) is 5.60. The number of ether oxygens (including phenoxy) is 1. The van der Waals surface area contributed by atoms with Gasteiger partial charge in [-0.2, -0.15) is 0 Å². The van der Waals surface area contributed by atoms with Crippen molar-refractivity contribution in [2.24, 2.45) is 0 Å². The number of benzene rings is 1. The molecular formula is C14H19NO3. The van der Waals surface area contributed by atoms with E-state index in [0.29, 0.717) is 0 Å². The third-order valence-electron chi connectivity index (χ3n) is 2.65. The Morgan fingerprint density at radius 1 is 1.39 bits per heavy atom. The Kier molecular flexibility index (Phi) is 4.77. The molecule has 4 heteroatoms. The minimum absolute atomic E-state index is 0.0268. The highest BCUT2D eigenvalue weighted by molar-refractivity contribution is 5.89. The molecular weight excluding hydrogens is 230 g/mol. The smallest absolute Gasteiger partial charge is 0.307 e. The quantitative estimate of drug-likeness (QED) is 0.878. The predicted octanol–water partition coefficient (Wildman–Crippen LogP) is 3.14. The van der Waals surface area contributed by atoms with Crippen molar-refractivity contribution in [1.82, 2.24) is 4.98 Å². The number of H-pyrrole nitrogens is 1. The van der Waals surface area contributed by atoms with Gasteiger partial charge in [-0.3, -0.25) is 4.79 Å². The van der Waals surface area contributed by atoms with Crippen molar-refractivity contribution in [3.63, 3.8) is 0 Å².